The van der Waals surface area contributed by atoms with Crippen molar-refractivity contribution in [3.63, 3.8) is 0 Å². The number of hydrogen-bond donors (Lipinski definition) is 0. The minimum Gasteiger partial charge on any atom is -0.297 e. The van der Waals surface area contributed by atoms with Crippen molar-refractivity contribution in [2.24, 2.45) is 0 Å². The molecule has 0 atom stereocenters. The third-order valence-corrected chi connectivity index (χ3v) is 4.47. The SMILES string of the molecule is Cc1cc(C(F)(F)F)c2ccc3nc(CN4CCCC4)cn3c2n1. The summed E-state index contributed by atoms with van der Waals surface area (Å²) in [6, 6.07) is 4.19. The van der Waals surface area contributed by atoms with Crippen LogP contribution in [0.2, 0.25) is 0 Å². The Hall–Kier alpha value is -2.15. The Morgan fingerprint density at radius 2 is 1.88 bits per heavy atom. The highest BCUT2D eigenvalue weighted by Crippen LogP contribution is 2.35. The van der Waals surface area contributed by atoms with Gasteiger partial charge in [0.15, 0.2) is 0 Å². The van der Waals surface area contributed by atoms with E-state index in [1.54, 1.807) is 17.4 Å². The van der Waals surface area contributed by atoms with Gasteiger partial charge in [-0.15, -0.1) is 0 Å². The van der Waals surface area contributed by atoms with E-state index in [1.165, 1.54) is 18.9 Å². The first-order valence-corrected chi connectivity index (χ1v) is 8.00. The van der Waals surface area contributed by atoms with E-state index < -0.39 is 11.7 Å². The number of aryl methyl sites for hydroxylation is 1. The van der Waals surface area contributed by atoms with Crippen LogP contribution in [0.25, 0.3) is 16.7 Å². The summed E-state index contributed by atoms with van der Waals surface area (Å²) >= 11 is 0. The summed E-state index contributed by atoms with van der Waals surface area (Å²) in [6.45, 7) is 4.39. The van der Waals surface area contributed by atoms with Gasteiger partial charge in [0, 0.05) is 23.8 Å². The Kier molecular flexibility index (Phi) is 3.49. The number of alkyl halides is 3. The summed E-state index contributed by atoms with van der Waals surface area (Å²) < 4.78 is 41.6. The first kappa shape index (κ1) is 15.4. The second-order valence-electron chi connectivity index (χ2n) is 6.32. The molecule has 0 radical (unpaired) electrons. The maximum Gasteiger partial charge on any atom is 0.417 e. The van der Waals surface area contributed by atoms with Crippen LogP contribution in [0.15, 0.2) is 24.4 Å². The van der Waals surface area contributed by atoms with Gasteiger partial charge in [0.05, 0.1) is 11.3 Å². The summed E-state index contributed by atoms with van der Waals surface area (Å²) in [7, 11) is 0. The Morgan fingerprint density at radius 1 is 1.12 bits per heavy atom. The lowest BCUT2D eigenvalue weighted by Gasteiger charge is -2.12. The molecule has 0 N–H and O–H groups in total. The van der Waals surface area contributed by atoms with E-state index in [1.807, 2.05) is 6.20 Å². The third-order valence-electron chi connectivity index (χ3n) is 4.47. The van der Waals surface area contributed by atoms with Crippen molar-refractivity contribution >= 4 is 16.7 Å². The largest absolute Gasteiger partial charge is 0.417 e. The Labute approximate surface area is 136 Å². The number of hydrogen-bond acceptors (Lipinski definition) is 3. The Balaban J connectivity index is 1.87. The molecule has 0 saturated carbocycles. The van der Waals surface area contributed by atoms with Crippen LogP contribution in [0.4, 0.5) is 13.2 Å². The summed E-state index contributed by atoms with van der Waals surface area (Å²) in [5, 5.41) is 0.103. The lowest BCUT2D eigenvalue weighted by Crippen LogP contribution is -2.18. The number of pyridine rings is 2. The highest BCUT2D eigenvalue weighted by atomic mass is 19.4. The topological polar surface area (TPSA) is 33.4 Å². The third kappa shape index (κ3) is 2.62. The zero-order chi connectivity index (χ0) is 16.9. The molecule has 4 rings (SSSR count). The molecule has 0 amide bonds. The van der Waals surface area contributed by atoms with Crippen molar-refractivity contribution in [3.8, 4) is 0 Å². The van der Waals surface area contributed by atoms with Gasteiger partial charge < -0.3 is 0 Å². The molecule has 0 spiro atoms. The lowest BCUT2D eigenvalue weighted by atomic mass is 10.1. The molecule has 0 aliphatic carbocycles. The molecule has 0 bridgehead atoms. The van der Waals surface area contributed by atoms with Crippen LogP contribution in [0.3, 0.4) is 0 Å². The van der Waals surface area contributed by atoms with E-state index in [0.29, 0.717) is 17.0 Å². The maximum absolute atomic E-state index is 13.3. The van der Waals surface area contributed by atoms with Crippen molar-refractivity contribution in [1.29, 1.82) is 0 Å². The van der Waals surface area contributed by atoms with Gasteiger partial charge in [0.2, 0.25) is 0 Å². The number of aromatic nitrogens is 3. The van der Waals surface area contributed by atoms with Crippen LogP contribution >= 0.6 is 0 Å². The molecule has 1 saturated heterocycles. The number of halogens is 3. The molecule has 1 aliphatic heterocycles. The fourth-order valence-electron chi connectivity index (χ4n) is 3.39. The maximum atomic E-state index is 13.3. The summed E-state index contributed by atoms with van der Waals surface area (Å²) in [5.41, 5.74) is 1.49. The minimum atomic E-state index is -4.40. The summed E-state index contributed by atoms with van der Waals surface area (Å²) in [5.74, 6) is 0. The van der Waals surface area contributed by atoms with E-state index in [9.17, 15) is 13.2 Å². The standard InChI is InChI=1S/C17H17F3N4/c1-11-8-14(17(18,19)20)13-4-5-15-22-12(9-23-6-2-3-7-23)10-24(15)16(13)21-11/h4-5,8,10H,2-3,6-7,9H2,1H3. The van der Waals surface area contributed by atoms with Gasteiger partial charge >= 0.3 is 6.18 Å². The number of likely N-dealkylation sites (tertiary alicyclic amines) is 1. The van der Waals surface area contributed by atoms with E-state index in [0.717, 1.165) is 31.4 Å². The highest BCUT2D eigenvalue weighted by molar-refractivity contribution is 5.82. The van der Waals surface area contributed by atoms with E-state index in [2.05, 4.69) is 14.9 Å². The van der Waals surface area contributed by atoms with Crippen molar-refractivity contribution in [3.05, 3.63) is 41.3 Å². The fraction of sp³-hybridized carbons (Fsp3) is 0.412. The molecular weight excluding hydrogens is 317 g/mol. The summed E-state index contributed by atoms with van der Waals surface area (Å²) in [6.07, 6.45) is -0.223. The number of imidazole rings is 1. The molecule has 3 aromatic heterocycles. The minimum absolute atomic E-state index is 0.103. The molecule has 3 aromatic rings. The van der Waals surface area contributed by atoms with E-state index >= 15 is 0 Å². The smallest absolute Gasteiger partial charge is 0.297 e. The number of fused-ring (bicyclic) bond motifs is 3. The van der Waals surface area contributed by atoms with Gasteiger partial charge in [-0.2, -0.15) is 13.2 Å². The first-order valence-electron chi connectivity index (χ1n) is 8.00. The normalized spacial score (nSPS) is 16.5. The Bertz CT molecular complexity index is 907. The van der Waals surface area contributed by atoms with Crippen molar-refractivity contribution in [2.45, 2.75) is 32.5 Å². The molecule has 24 heavy (non-hydrogen) atoms. The molecule has 1 aliphatic rings. The summed E-state index contributed by atoms with van der Waals surface area (Å²) in [4.78, 5) is 11.2. The molecule has 126 valence electrons. The monoisotopic (exact) mass is 334 g/mol. The molecule has 1 fully saturated rings. The predicted octanol–water partition coefficient (Wildman–Crippen LogP) is 3.81. The lowest BCUT2D eigenvalue weighted by molar-refractivity contribution is -0.136. The average Bonchev–Trinajstić information content (AvgIpc) is 3.14. The average molecular weight is 334 g/mol. The van der Waals surface area contributed by atoms with E-state index in [4.69, 9.17) is 0 Å². The van der Waals surface area contributed by atoms with Gasteiger partial charge in [-0.1, -0.05) is 0 Å². The number of nitrogens with zero attached hydrogens (tertiary/aromatic N) is 4. The second-order valence-corrected chi connectivity index (χ2v) is 6.32. The van der Waals surface area contributed by atoms with Gasteiger partial charge in [0.25, 0.3) is 0 Å². The van der Waals surface area contributed by atoms with Gasteiger partial charge in [-0.25, -0.2) is 9.97 Å². The van der Waals surface area contributed by atoms with Crippen LogP contribution in [0.1, 0.15) is 29.8 Å². The number of rotatable bonds is 2. The van der Waals surface area contributed by atoms with Gasteiger partial charge in [-0.05, 0) is 51.1 Å². The van der Waals surface area contributed by atoms with Crippen LogP contribution in [0, 0.1) is 6.92 Å². The van der Waals surface area contributed by atoms with Crippen molar-refractivity contribution in [1.82, 2.24) is 19.3 Å². The zero-order valence-corrected chi connectivity index (χ0v) is 13.3. The Morgan fingerprint density at radius 3 is 2.58 bits per heavy atom. The van der Waals surface area contributed by atoms with Crippen molar-refractivity contribution < 1.29 is 13.2 Å². The molecular formula is C17H17F3N4. The van der Waals surface area contributed by atoms with Crippen LogP contribution in [-0.2, 0) is 12.7 Å². The van der Waals surface area contributed by atoms with Gasteiger partial charge in [0.1, 0.15) is 11.3 Å². The second kappa shape index (κ2) is 5.44. The van der Waals surface area contributed by atoms with Crippen LogP contribution in [0.5, 0.6) is 0 Å². The van der Waals surface area contributed by atoms with Crippen LogP contribution < -0.4 is 0 Å². The fourth-order valence-corrected chi connectivity index (χ4v) is 3.39. The molecule has 4 nitrogen and oxygen atoms in total. The van der Waals surface area contributed by atoms with E-state index in [-0.39, 0.29) is 5.39 Å². The quantitative estimate of drug-likeness (QED) is 0.715. The molecule has 7 heteroatoms. The first-order chi connectivity index (χ1) is 11.4. The zero-order valence-electron chi connectivity index (χ0n) is 13.3. The molecule has 0 aromatic carbocycles. The van der Waals surface area contributed by atoms with Gasteiger partial charge in [-0.3, -0.25) is 9.30 Å². The highest BCUT2D eigenvalue weighted by Gasteiger charge is 2.33. The predicted molar refractivity (Wildman–Crippen MR) is 84.7 cm³/mol. The van der Waals surface area contributed by atoms with Crippen LogP contribution in [-0.4, -0.2) is 32.4 Å². The molecule has 0 unspecified atom stereocenters. The molecule has 4 heterocycles. The van der Waals surface area contributed by atoms with Crippen molar-refractivity contribution in [2.75, 3.05) is 13.1 Å².